The monoisotopic (exact) mass is 214 g/mol. The van der Waals surface area contributed by atoms with Gasteiger partial charge in [0.15, 0.2) is 0 Å². The van der Waals surface area contributed by atoms with Crippen molar-refractivity contribution in [3.8, 4) is 0 Å². The van der Waals surface area contributed by atoms with Crippen LogP contribution in [-0.4, -0.2) is 5.21 Å². The maximum Gasteiger partial charge on any atom is 0.237 e. The summed E-state index contributed by atoms with van der Waals surface area (Å²) >= 11 is 3.33. The molecular weight excluding hydrogens is 206 g/mol. The molecule has 0 aliphatic heterocycles. The molecule has 1 aromatic heterocycles. The number of rotatable bonds is 0. The van der Waals surface area contributed by atoms with Crippen LogP contribution in [0.4, 0.5) is 0 Å². The van der Waals surface area contributed by atoms with Crippen LogP contribution in [0.2, 0.25) is 0 Å². The number of fused-ring (bicyclic) bond motifs is 1. The van der Waals surface area contributed by atoms with Crippen molar-refractivity contribution in [3.05, 3.63) is 28.0 Å². The van der Waals surface area contributed by atoms with E-state index in [1.165, 1.54) is 10.3 Å². The van der Waals surface area contributed by atoms with Crippen molar-refractivity contribution in [2.75, 3.05) is 0 Å². The van der Waals surface area contributed by atoms with Gasteiger partial charge in [-0.25, -0.2) is 0 Å². The van der Waals surface area contributed by atoms with Gasteiger partial charge in [0.05, 0.1) is 4.47 Å². The summed E-state index contributed by atoms with van der Waals surface area (Å²) in [5, 5.41) is 9.40. The second kappa shape index (κ2) is 2.48. The van der Waals surface area contributed by atoms with Gasteiger partial charge in [0.2, 0.25) is 11.9 Å². The first-order chi connectivity index (χ1) is 5.27. The molecule has 0 aromatic carbocycles. The van der Waals surface area contributed by atoms with E-state index in [0.29, 0.717) is 0 Å². The molecule has 0 amide bonds. The van der Waals surface area contributed by atoms with Gasteiger partial charge < -0.3 is 0 Å². The summed E-state index contributed by atoms with van der Waals surface area (Å²) in [6.07, 6.45) is 4.94. The van der Waals surface area contributed by atoms with Crippen molar-refractivity contribution >= 4 is 15.9 Å². The molecule has 0 fully saturated rings. The fourth-order valence-corrected chi connectivity index (χ4v) is 2.04. The predicted octanol–water partition coefficient (Wildman–Crippen LogP) is 1.46. The van der Waals surface area contributed by atoms with E-state index in [-0.39, 0.29) is 0 Å². The zero-order chi connectivity index (χ0) is 7.84. The summed E-state index contributed by atoms with van der Waals surface area (Å²) in [7, 11) is 0. The molecule has 58 valence electrons. The van der Waals surface area contributed by atoms with Gasteiger partial charge in [-0.05, 0) is 34.8 Å². The number of aromatic nitrogens is 1. The number of halogens is 1. The summed E-state index contributed by atoms with van der Waals surface area (Å²) in [4.78, 5) is 0. The summed E-state index contributed by atoms with van der Waals surface area (Å²) < 4.78 is 2.17. The van der Waals surface area contributed by atoms with Crippen LogP contribution >= 0.6 is 15.9 Å². The van der Waals surface area contributed by atoms with Crippen LogP contribution in [-0.2, 0) is 12.8 Å². The molecule has 1 aliphatic carbocycles. The van der Waals surface area contributed by atoms with Gasteiger partial charge in [0.25, 0.3) is 0 Å². The lowest BCUT2D eigenvalue weighted by molar-refractivity contribution is -0.909. The molecule has 0 saturated carbocycles. The average Bonchev–Trinajstić information content (AvgIpc) is 2.34. The molecule has 2 nitrogen and oxygen atoms in total. The molecule has 1 aliphatic rings. The molecule has 0 unspecified atom stereocenters. The third kappa shape index (κ3) is 1.13. The van der Waals surface area contributed by atoms with Gasteiger partial charge >= 0.3 is 0 Å². The van der Waals surface area contributed by atoms with E-state index in [1.807, 2.05) is 0 Å². The highest BCUT2D eigenvalue weighted by Gasteiger charge is 2.22. The van der Waals surface area contributed by atoms with Gasteiger partial charge in [-0.15, -0.1) is 0 Å². The number of nitrogens with zero attached hydrogens (tertiary/aromatic N) is 1. The van der Waals surface area contributed by atoms with E-state index >= 15 is 0 Å². The first-order valence-electron chi connectivity index (χ1n) is 3.69. The number of hydrogen-bond acceptors (Lipinski definition) is 1. The quantitative estimate of drug-likeness (QED) is 0.514. The Hall–Kier alpha value is -0.570. The van der Waals surface area contributed by atoms with E-state index < -0.39 is 0 Å². The minimum absolute atomic E-state index is 0.945. The fraction of sp³-hybridized carbons (Fsp3) is 0.375. The van der Waals surface area contributed by atoms with Gasteiger partial charge in [0.1, 0.15) is 0 Å². The van der Waals surface area contributed by atoms with Crippen LogP contribution in [0.5, 0.6) is 0 Å². The molecule has 3 heteroatoms. The molecule has 2 rings (SSSR count). The van der Waals surface area contributed by atoms with Crippen molar-refractivity contribution in [2.45, 2.75) is 19.3 Å². The molecular formula is C8H9BrNO+. The van der Waals surface area contributed by atoms with Crippen molar-refractivity contribution in [3.63, 3.8) is 0 Å². The molecule has 1 N–H and O–H groups in total. The van der Waals surface area contributed by atoms with Crippen LogP contribution < -0.4 is 4.73 Å². The lowest BCUT2D eigenvalue weighted by Gasteiger charge is -1.93. The van der Waals surface area contributed by atoms with Crippen LogP contribution in [0.25, 0.3) is 0 Å². The number of pyridine rings is 1. The van der Waals surface area contributed by atoms with E-state index in [0.717, 1.165) is 29.4 Å². The Bertz CT molecular complexity index is 298. The molecule has 1 heterocycles. The van der Waals surface area contributed by atoms with Crippen molar-refractivity contribution in [1.82, 2.24) is 0 Å². The van der Waals surface area contributed by atoms with Crippen LogP contribution in [0.3, 0.4) is 0 Å². The third-order valence-corrected chi connectivity index (χ3v) is 2.50. The fourth-order valence-electron chi connectivity index (χ4n) is 1.57. The molecule has 0 radical (unpaired) electrons. The molecule has 0 atom stereocenters. The number of aryl methyl sites for hydroxylation is 1. The second-order valence-electron chi connectivity index (χ2n) is 2.83. The van der Waals surface area contributed by atoms with Gasteiger partial charge in [-0.3, -0.25) is 5.21 Å². The van der Waals surface area contributed by atoms with E-state index in [1.54, 1.807) is 6.20 Å². The van der Waals surface area contributed by atoms with Crippen molar-refractivity contribution in [1.29, 1.82) is 0 Å². The Morgan fingerprint density at radius 1 is 1.45 bits per heavy atom. The third-order valence-electron chi connectivity index (χ3n) is 2.06. The highest BCUT2D eigenvalue weighted by molar-refractivity contribution is 9.10. The van der Waals surface area contributed by atoms with Crippen LogP contribution in [0.1, 0.15) is 17.7 Å². The molecule has 0 spiro atoms. The highest BCUT2D eigenvalue weighted by atomic mass is 79.9. The largest absolute Gasteiger partial charge is 0.285 e. The van der Waals surface area contributed by atoms with Gasteiger partial charge in [0, 0.05) is 16.7 Å². The standard InChI is InChI=1S/C8H9BrNO/c9-7-4-6-2-1-3-8(6)10(11)5-7/h4-5,11H,1-3H2/q+1. The zero-order valence-electron chi connectivity index (χ0n) is 6.05. The van der Waals surface area contributed by atoms with E-state index in [2.05, 4.69) is 22.0 Å². The maximum atomic E-state index is 9.40. The minimum Gasteiger partial charge on any atom is -0.285 e. The minimum atomic E-state index is 0.945. The summed E-state index contributed by atoms with van der Waals surface area (Å²) in [6, 6.07) is 2.08. The Labute approximate surface area is 73.6 Å². The zero-order valence-corrected chi connectivity index (χ0v) is 7.63. The molecule has 0 bridgehead atoms. The Morgan fingerprint density at radius 3 is 3.09 bits per heavy atom. The number of hydrogen-bond donors (Lipinski definition) is 1. The normalized spacial score (nSPS) is 15.0. The lowest BCUT2D eigenvalue weighted by atomic mass is 10.2. The molecule has 0 saturated heterocycles. The second-order valence-corrected chi connectivity index (χ2v) is 3.74. The SMILES string of the molecule is O[n+]1cc(Br)cc2c1CCC2. The van der Waals surface area contributed by atoms with Crippen LogP contribution in [0, 0.1) is 0 Å². The first kappa shape index (κ1) is 7.10. The average molecular weight is 215 g/mol. The van der Waals surface area contributed by atoms with Crippen LogP contribution in [0.15, 0.2) is 16.7 Å². The van der Waals surface area contributed by atoms with Gasteiger partial charge in [-0.2, -0.15) is 0 Å². The summed E-state index contributed by atoms with van der Waals surface area (Å²) in [6.45, 7) is 0. The smallest absolute Gasteiger partial charge is 0.237 e. The molecule has 11 heavy (non-hydrogen) atoms. The Kier molecular flexibility index (Phi) is 1.60. The topological polar surface area (TPSA) is 24.1 Å². The Morgan fingerprint density at radius 2 is 2.27 bits per heavy atom. The van der Waals surface area contributed by atoms with E-state index in [9.17, 15) is 5.21 Å². The Balaban J connectivity index is 2.60. The van der Waals surface area contributed by atoms with Gasteiger partial charge in [-0.1, -0.05) is 0 Å². The highest BCUT2D eigenvalue weighted by Crippen LogP contribution is 2.20. The summed E-state index contributed by atoms with van der Waals surface area (Å²) in [5.74, 6) is 0. The summed E-state index contributed by atoms with van der Waals surface area (Å²) in [5.41, 5.74) is 2.33. The van der Waals surface area contributed by atoms with Crippen molar-refractivity contribution < 1.29 is 9.94 Å². The van der Waals surface area contributed by atoms with Crippen molar-refractivity contribution in [2.24, 2.45) is 0 Å². The predicted molar refractivity (Wildman–Crippen MR) is 43.5 cm³/mol. The lowest BCUT2D eigenvalue weighted by Crippen LogP contribution is -2.34. The molecule has 1 aromatic rings. The maximum absolute atomic E-state index is 9.40. The van der Waals surface area contributed by atoms with E-state index in [4.69, 9.17) is 0 Å². The first-order valence-corrected chi connectivity index (χ1v) is 4.49.